The summed E-state index contributed by atoms with van der Waals surface area (Å²) in [6, 6.07) is 26.3. The van der Waals surface area contributed by atoms with Crippen LogP contribution in [0.15, 0.2) is 96.1 Å². The number of methoxy groups -OCH3 is 1. The van der Waals surface area contributed by atoms with Gasteiger partial charge >= 0.3 is 5.97 Å². The summed E-state index contributed by atoms with van der Waals surface area (Å²) >= 11 is 0. The normalized spacial score (nSPS) is 11.6. The lowest BCUT2D eigenvalue weighted by Crippen LogP contribution is -2.18. The quantitative estimate of drug-likeness (QED) is 0.380. The molecule has 0 bridgehead atoms. The standard InChI is InChI=1S/C24H19N3O2/c1-29-24(28)23(22-20-15-9-8-14-19(20)16-25-27-22)26-21(17-10-4-2-5-11-17)18-12-6-3-7-13-18/h2-16,23H,1H3. The minimum absolute atomic E-state index is 0.472. The van der Waals surface area contributed by atoms with Gasteiger partial charge in [-0.05, 0) is 0 Å². The minimum Gasteiger partial charge on any atom is -0.467 e. The van der Waals surface area contributed by atoms with Crippen molar-refractivity contribution in [3.63, 3.8) is 0 Å². The molecule has 4 rings (SSSR count). The summed E-state index contributed by atoms with van der Waals surface area (Å²) in [4.78, 5) is 17.6. The molecule has 1 atom stereocenters. The Hall–Kier alpha value is -3.86. The zero-order valence-corrected chi connectivity index (χ0v) is 15.9. The summed E-state index contributed by atoms with van der Waals surface area (Å²) in [5.41, 5.74) is 2.97. The summed E-state index contributed by atoms with van der Waals surface area (Å²) in [6.45, 7) is 0. The van der Waals surface area contributed by atoms with Crippen molar-refractivity contribution in [1.82, 2.24) is 10.2 Å². The lowest BCUT2D eigenvalue weighted by atomic mass is 10.0. The van der Waals surface area contributed by atoms with Gasteiger partial charge in [-0.15, -0.1) is 0 Å². The molecule has 0 aliphatic carbocycles. The Morgan fingerprint density at radius 1 is 0.862 bits per heavy atom. The fourth-order valence-electron chi connectivity index (χ4n) is 3.23. The Balaban J connectivity index is 1.94. The maximum Gasteiger partial charge on any atom is 0.336 e. The maximum absolute atomic E-state index is 12.8. The van der Waals surface area contributed by atoms with E-state index in [-0.39, 0.29) is 0 Å². The summed E-state index contributed by atoms with van der Waals surface area (Å²) in [5, 5.41) is 10.0. The zero-order valence-electron chi connectivity index (χ0n) is 15.9. The molecule has 0 fully saturated rings. The van der Waals surface area contributed by atoms with E-state index in [1.54, 1.807) is 6.20 Å². The molecular weight excluding hydrogens is 362 g/mol. The second kappa shape index (κ2) is 8.44. The Morgan fingerprint density at radius 2 is 1.45 bits per heavy atom. The highest BCUT2D eigenvalue weighted by Crippen LogP contribution is 2.27. The third-order valence-corrected chi connectivity index (χ3v) is 4.64. The van der Waals surface area contributed by atoms with Crippen molar-refractivity contribution in [2.24, 2.45) is 4.99 Å². The first-order valence-corrected chi connectivity index (χ1v) is 9.24. The summed E-state index contributed by atoms with van der Waals surface area (Å²) in [5.74, 6) is -0.486. The van der Waals surface area contributed by atoms with E-state index in [1.807, 2.05) is 84.9 Å². The monoisotopic (exact) mass is 381 g/mol. The van der Waals surface area contributed by atoms with E-state index in [4.69, 9.17) is 9.73 Å². The third kappa shape index (κ3) is 3.89. The average Bonchev–Trinajstić information content (AvgIpc) is 2.80. The van der Waals surface area contributed by atoms with Crippen LogP contribution in [0.25, 0.3) is 10.8 Å². The van der Waals surface area contributed by atoms with Crippen LogP contribution in [0.5, 0.6) is 0 Å². The van der Waals surface area contributed by atoms with Crippen LogP contribution in [0.1, 0.15) is 22.9 Å². The van der Waals surface area contributed by atoms with Gasteiger partial charge in [0.2, 0.25) is 0 Å². The molecule has 4 aromatic rings. The molecule has 29 heavy (non-hydrogen) atoms. The summed E-state index contributed by atoms with van der Waals surface area (Å²) in [6.07, 6.45) is 1.67. The van der Waals surface area contributed by atoms with Crippen molar-refractivity contribution >= 4 is 22.5 Å². The van der Waals surface area contributed by atoms with Crippen molar-refractivity contribution in [1.29, 1.82) is 0 Å². The number of rotatable bonds is 5. The van der Waals surface area contributed by atoms with Gasteiger partial charge in [0.05, 0.1) is 19.0 Å². The lowest BCUT2D eigenvalue weighted by Gasteiger charge is -2.15. The largest absolute Gasteiger partial charge is 0.467 e. The number of esters is 1. The molecule has 0 saturated heterocycles. The molecule has 5 heteroatoms. The second-order valence-electron chi connectivity index (χ2n) is 6.45. The van der Waals surface area contributed by atoms with Crippen molar-refractivity contribution in [3.8, 4) is 0 Å². The van der Waals surface area contributed by atoms with Crippen LogP contribution in [0.3, 0.4) is 0 Å². The summed E-state index contributed by atoms with van der Waals surface area (Å²) in [7, 11) is 1.36. The Kier molecular flexibility index (Phi) is 5.38. The number of hydrogen-bond donors (Lipinski definition) is 0. The molecular formula is C24H19N3O2. The van der Waals surface area contributed by atoms with Crippen molar-refractivity contribution in [3.05, 3.63) is 108 Å². The van der Waals surface area contributed by atoms with Gasteiger partial charge in [-0.3, -0.25) is 4.99 Å². The van der Waals surface area contributed by atoms with Gasteiger partial charge in [-0.1, -0.05) is 84.9 Å². The fraction of sp³-hybridized carbons (Fsp3) is 0.0833. The first-order valence-electron chi connectivity index (χ1n) is 9.24. The molecule has 0 amide bonds. The van der Waals surface area contributed by atoms with Crippen LogP contribution in [-0.2, 0) is 9.53 Å². The second-order valence-corrected chi connectivity index (χ2v) is 6.45. The minimum atomic E-state index is -0.936. The smallest absolute Gasteiger partial charge is 0.336 e. The molecule has 0 radical (unpaired) electrons. The van der Waals surface area contributed by atoms with Gasteiger partial charge in [-0.25, -0.2) is 4.79 Å². The number of ether oxygens (including phenoxy) is 1. The van der Waals surface area contributed by atoms with Crippen LogP contribution in [0, 0.1) is 0 Å². The molecule has 0 aliphatic rings. The molecule has 142 valence electrons. The predicted molar refractivity (Wildman–Crippen MR) is 113 cm³/mol. The first kappa shape index (κ1) is 18.5. The highest BCUT2D eigenvalue weighted by atomic mass is 16.5. The van der Waals surface area contributed by atoms with E-state index >= 15 is 0 Å². The van der Waals surface area contributed by atoms with Crippen LogP contribution in [0.2, 0.25) is 0 Å². The number of fused-ring (bicyclic) bond motifs is 1. The Labute approximate surface area is 168 Å². The topological polar surface area (TPSA) is 64.4 Å². The number of carbonyl (C=O) groups is 1. The first-order chi connectivity index (χ1) is 14.3. The molecule has 3 aromatic carbocycles. The third-order valence-electron chi connectivity index (χ3n) is 4.64. The molecule has 0 spiro atoms. The number of aliphatic imine (C=N–C) groups is 1. The van der Waals surface area contributed by atoms with Crippen molar-refractivity contribution in [2.75, 3.05) is 7.11 Å². The predicted octanol–water partition coefficient (Wildman–Crippen LogP) is 4.38. The van der Waals surface area contributed by atoms with Crippen LogP contribution >= 0.6 is 0 Å². The van der Waals surface area contributed by atoms with Crippen LogP contribution in [0.4, 0.5) is 0 Å². The van der Waals surface area contributed by atoms with Gasteiger partial charge in [0.25, 0.3) is 0 Å². The van der Waals surface area contributed by atoms with Crippen molar-refractivity contribution in [2.45, 2.75) is 6.04 Å². The highest BCUT2D eigenvalue weighted by molar-refractivity contribution is 6.13. The highest BCUT2D eigenvalue weighted by Gasteiger charge is 2.26. The Bertz CT molecular complexity index is 1110. The van der Waals surface area contributed by atoms with Gasteiger partial charge in [-0.2, -0.15) is 10.2 Å². The maximum atomic E-state index is 12.8. The molecule has 5 nitrogen and oxygen atoms in total. The van der Waals surface area contributed by atoms with E-state index in [0.29, 0.717) is 11.4 Å². The van der Waals surface area contributed by atoms with Crippen LogP contribution < -0.4 is 0 Å². The van der Waals surface area contributed by atoms with Gasteiger partial charge in [0, 0.05) is 21.9 Å². The molecule has 0 saturated carbocycles. The average molecular weight is 381 g/mol. The van der Waals surface area contributed by atoms with E-state index in [2.05, 4.69) is 10.2 Å². The van der Waals surface area contributed by atoms with E-state index in [0.717, 1.165) is 21.9 Å². The Morgan fingerprint density at radius 3 is 2.07 bits per heavy atom. The zero-order chi connectivity index (χ0) is 20.1. The fourth-order valence-corrected chi connectivity index (χ4v) is 3.23. The van der Waals surface area contributed by atoms with Gasteiger partial charge in [0.1, 0.15) is 5.69 Å². The molecule has 0 aliphatic heterocycles. The van der Waals surface area contributed by atoms with E-state index < -0.39 is 12.0 Å². The number of nitrogens with zero attached hydrogens (tertiary/aromatic N) is 3. The van der Waals surface area contributed by atoms with Crippen LogP contribution in [-0.4, -0.2) is 29.0 Å². The number of carbonyl (C=O) groups excluding carboxylic acids is 1. The number of aromatic nitrogens is 2. The summed E-state index contributed by atoms with van der Waals surface area (Å²) < 4.78 is 5.07. The number of benzene rings is 3. The van der Waals surface area contributed by atoms with E-state index in [1.165, 1.54) is 7.11 Å². The lowest BCUT2D eigenvalue weighted by molar-refractivity contribution is -0.142. The van der Waals surface area contributed by atoms with Crippen molar-refractivity contribution < 1.29 is 9.53 Å². The molecule has 1 unspecified atom stereocenters. The SMILES string of the molecule is COC(=O)C(N=C(c1ccccc1)c1ccccc1)c1nncc2ccccc12. The van der Waals surface area contributed by atoms with E-state index in [9.17, 15) is 4.79 Å². The number of hydrogen-bond acceptors (Lipinski definition) is 5. The molecule has 1 heterocycles. The molecule has 1 aromatic heterocycles. The molecule has 0 N–H and O–H groups in total. The van der Waals surface area contributed by atoms with Gasteiger partial charge in [0.15, 0.2) is 6.04 Å². The van der Waals surface area contributed by atoms with Gasteiger partial charge < -0.3 is 4.74 Å².